The molecule has 24 heavy (non-hydrogen) atoms. The third-order valence-corrected chi connectivity index (χ3v) is 5.17. The minimum Gasteiger partial charge on any atom is -0.352 e. The van der Waals surface area contributed by atoms with Crippen LogP contribution in [0.1, 0.15) is 43.4 Å². The van der Waals surface area contributed by atoms with E-state index >= 15 is 0 Å². The van der Waals surface area contributed by atoms with Gasteiger partial charge in [-0.1, -0.05) is 18.9 Å². The molecular weight excluding hydrogens is 413 g/mol. The van der Waals surface area contributed by atoms with Crippen LogP contribution in [0.4, 0.5) is 0 Å². The molecule has 5 nitrogen and oxygen atoms in total. The van der Waals surface area contributed by atoms with Crippen LogP contribution in [-0.2, 0) is 6.54 Å². The number of halogens is 1. The Balaban J connectivity index is 0.00000208. The summed E-state index contributed by atoms with van der Waals surface area (Å²) in [5.41, 5.74) is 2.29. The van der Waals surface area contributed by atoms with Gasteiger partial charge in [-0.3, -0.25) is 14.9 Å². The van der Waals surface area contributed by atoms with Crippen LogP contribution in [0.3, 0.4) is 0 Å². The molecule has 1 aliphatic heterocycles. The summed E-state index contributed by atoms with van der Waals surface area (Å²) in [7, 11) is 1.84. The molecular formula is C18H30IN5. The summed E-state index contributed by atoms with van der Waals surface area (Å²) in [5.74, 6) is 0.883. The molecule has 2 fully saturated rings. The number of pyridine rings is 1. The average molecular weight is 443 g/mol. The number of aliphatic imine (C=N–C) groups is 1. The summed E-state index contributed by atoms with van der Waals surface area (Å²) in [6, 6.07) is 5.40. The van der Waals surface area contributed by atoms with E-state index in [0.29, 0.717) is 12.6 Å². The van der Waals surface area contributed by atoms with Crippen LogP contribution >= 0.6 is 24.0 Å². The van der Waals surface area contributed by atoms with Gasteiger partial charge in [0.2, 0.25) is 0 Å². The first-order chi connectivity index (χ1) is 11.3. The van der Waals surface area contributed by atoms with Crippen molar-refractivity contribution in [3.05, 3.63) is 29.6 Å². The molecule has 1 atom stereocenters. The average Bonchev–Trinajstić information content (AvgIpc) is 3.24. The van der Waals surface area contributed by atoms with Crippen LogP contribution in [0.2, 0.25) is 0 Å². The lowest BCUT2D eigenvalue weighted by Crippen LogP contribution is -2.45. The van der Waals surface area contributed by atoms with Crippen molar-refractivity contribution in [1.29, 1.82) is 0 Å². The molecule has 2 aliphatic rings. The molecule has 0 aromatic carbocycles. The van der Waals surface area contributed by atoms with E-state index in [-0.39, 0.29) is 24.0 Å². The van der Waals surface area contributed by atoms with E-state index in [1.54, 1.807) is 0 Å². The first-order valence-corrected chi connectivity index (χ1v) is 8.88. The second-order valence-corrected chi connectivity index (χ2v) is 6.76. The van der Waals surface area contributed by atoms with E-state index in [1.165, 1.54) is 44.2 Å². The number of nitrogens with zero attached hydrogens (tertiary/aromatic N) is 3. The van der Waals surface area contributed by atoms with Gasteiger partial charge in [-0.05, 0) is 37.8 Å². The number of hydrogen-bond donors (Lipinski definition) is 2. The van der Waals surface area contributed by atoms with Crippen molar-refractivity contribution in [2.45, 2.75) is 57.7 Å². The topological polar surface area (TPSA) is 52.6 Å². The third kappa shape index (κ3) is 5.05. The van der Waals surface area contributed by atoms with Gasteiger partial charge < -0.3 is 10.6 Å². The van der Waals surface area contributed by atoms with Gasteiger partial charge >= 0.3 is 0 Å². The summed E-state index contributed by atoms with van der Waals surface area (Å²) in [4.78, 5) is 11.5. The molecule has 1 unspecified atom stereocenters. The lowest BCUT2D eigenvalue weighted by molar-refractivity contribution is 0.242. The molecule has 1 aliphatic carbocycles. The van der Waals surface area contributed by atoms with Crippen molar-refractivity contribution in [3.63, 3.8) is 0 Å². The van der Waals surface area contributed by atoms with Crippen molar-refractivity contribution in [3.8, 4) is 0 Å². The molecule has 3 rings (SSSR count). The van der Waals surface area contributed by atoms with Gasteiger partial charge in [0.15, 0.2) is 5.96 Å². The van der Waals surface area contributed by atoms with Gasteiger partial charge in [0.05, 0.1) is 12.2 Å². The van der Waals surface area contributed by atoms with E-state index in [0.717, 1.165) is 24.2 Å². The highest BCUT2D eigenvalue weighted by atomic mass is 127. The van der Waals surface area contributed by atoms with E-state index in [4.69, 9.17) is 0 Å². The zero-order chi connectivity index (χ0) is 16.1. The van der Waals surface area contributed by atoms with Crippen molar-refractivity contribution < 1.29 is 0 Å². The number of guanidine groups is 1. The number of aromatic nitrogens is 1. The molecule has 2 heterocycles. The van der Waals surface area contributed by atoms with Crippen LogP contribution in [0.15, 0.2) is 23.3 Å². The molecule has 0 bridgehead atoms. The number of rotatable bonds is 4. The Morgan fingerprint density at radius 1 is 1.33 bits per heavy atom. The highest BCUT2D eigenvalue weighted by Crippen LogP contribution is 2.26. The van der Waals surface area contributed by atoms with E-state index in [1.807, 2.05) is 19.3 Å². The SMILES string of the molecule is CN=C(NCc1ncccc1C)NC1CCN(C2CCCC2)C1.I. The predicted molar refractivity (Wildman–Crippen MR) is 110 cm³/mol. The van der Waals surface area contributed by atoms with Crippen LogP contribution < -0.4 is 10.6 Å². The fourth-order valence-corrected chi connectivity index (χ4v) is 3.77. The number of aryl methyl sites for hydroxylation is 1. The number of nitrogens with one attached hydrogen (secondary N) is 2. The van der Waals surface area contributed by atoms with Crippen molar-refractivity contribution in [2.75, 3.05) is 20.1 Å². The summed E-state index contributed by atoms with van der Waals surface area (Å²) in [6.07, 6.45) is 8.64. The van der Waals surface area contributed by atoms with Crippen molar-refractivity contribution in [2.24, 2.45) is 4.99 Å². The van der Waals surface area contributed by atoms with Gasteiger partial charge in [-0.2, -0.15) is 0 Å². The molecule has 1 saturated carbocycles. The first-order valence-electron chi connectivity index (χ1n) is 8.88. The number of likely N-dealkylation sites (tertiary alicyclic amines) is 1. The first kappa shape index (κ1) is 19.4. The Morgan fingerprint density at radius 3 is 2.83 bits per heavy atom. The Morgan fingerprint density at radius 2 is 2.12 bits per heavy atom. The van der Waals surface area contributed by atoms with E-state index < -0.39 is 0 Å². The minimum absolute atomic E-state index is 0. The van der Waals surface area contributed by atoms with Crippen LogP contribution in [-0.4, -0.2) is 48.1 Å². The molecule has 1 aromatic rings. The number of hydrogen-bond acceptors (Lipinski definition) is 3. The zero-order valence-electron chi connectivity index (χ0n) is 14.8. The maximum absolute atomic E-state index is 4.43. The van der Waals surface area contributed by atoms with Gasteiger partial charge in [-0.15, -0.1) is 24.0 Å². The molecule has 2 N–H and O–H groups in total. The quantitative estimate of drug-likeness (QED) is 0.427. The third-order valence-electron chi connectivity index (χ3n) is 5.17. The maximum atomic E-state index is 4.43. The van der Waals surface area contributed by atoms with Crippen LogP contribution in [0.25, 0.3) is 0 Å². The second-order valence-electron chi connectivity index (χ2n) is 6.76. The fraction of sp³-hybridized carbons (Fsp3) is 0.667. The monoisotopic (exact) mass is 443 g/mol. The smallest absolute Gasteiger partial charge is 0.191 e. The minimum atomic E-state index is 0. The maximum Gasteiger partial charge on any atom is 0.191 e. The Kier molecular flexibility index (Phi) is 7.74. The molecule has 0 amide bonds. The van der Waals surface area contributed by atoms with Gasteiger partial charge in [0, 0.05) is 38.4 Å². The second kappa shape index (κ2) is 9.56. The fourth-order valence-electron chi connectivity index (χ4n) is 3.77. The molecule has 134 valence electrons. The molecule has 1 aromatic heterocycles. The van der Waals surface area contributed by atoms with E-state index in [2.05, 4.69) is 38.5 Å². The Labute approximate surface area is 162 Å². The highest BCUT2D eigenvalue weighted by molar-refractivity contribution is 14.0. The summed E-state index contributed by atoms with van der Waals surface area (Å²) in [6.45, 7) is 5.18. The van der Waals surface area contributed by atoms with Crippen LogP contribution in [0, 0.1) is 6.92 Å². The van der Waals surface area contributed by atoms with E-state index in [9.17, 15) is 0 Å². The lowest BCUT2D eigenvalue weighted by Gasteiger charge is -2.24. The molecule has 1 saturated heterocycles. The van der Waals surface area contributed by atoms with Gasteiger partial charge in [-0.25, -0.2) is 0 Å². The predicted octanol–water partition coefficient (Wildman–Crippen LogP) is 2.69. The lowest BCUT2D eigenvalue weighted by atomic mass is 10.2. The van der Waals surface area contributed by atoms with Gasteiger partial charge in [0.25, 0.3) is 0 Å². The molecule has 0 spiro atoms. The summed E-state index contributed by atoms with van der Waals surface area (Å²) < 4.78 is 0. The van der Waals surface area contributed by atoms with Crippen molar-refractivity contribution >= 4 is 29.9 Å². The highest BCUT2D eigenvalue weighted by Gasteiger charge is 2.30. The standard InChI is InChI=1S/C18H29N5.HI/c1-14-6-5-10-20-17(14)12-21-18(19-2)22-15-9-11-23(13-15)16-7-3-4-8-16;/h5-6,10,15-16H,3-4,7-9,11-13H2,1-2H3,(H2,19,21,22);1H. The largest absolute Gasteiger partial charge is 0.352 e. The summed E-state index contributed by atoms with van der Waals surface area (Å²) in [5, 5.41) is 6.97. The Bertz CT molecular complexity index is 542. The molecule has 0 radical (unpaired) electrons. The summed E-state index contributed by atoms with van der Waals surface area (Å²) >= 11 is 0. The normalized spacial score (nSPS) is 22.4. The Hall–Kier alpha value is -0.890. The van der Waals surface area contributed by atoms with Crippen LogP contribution in [0.5, 0.6) is 0 Å². The van der Waals surface area contributed by atoms with Gasteiger partial charge in [0.1, 0.15) is 0 Å². The molecule has 6 heteroatoms. The van der Waals surface area contributed by atoms with Crippen molar-refractivity contribution in [1.82, 2.24) is 20.5 Å². The zero-order valence-corrected chi connectivity index (χ0v) is 17.1.